The minimum atomic E-state index is 0. The Balaban J connectivity index is 0.00000363. The summed E-state index contributed by atoms with van der Waals surface area (Å²) in [6.45, 7) is 3.52. The van der Waals surface area contributed by atoms with Gasteiger partial charge in [0.25, 0.3) is 0 Å². The number of ether oxygens (including phenoxy) is 4. The Bertz CT molecular complexity index is 857. The Morgan fingerprint density at radius 2 is 1.59 bits per heavy atom. The van der Waals surface area contributed by atoms with Gasteiger partial charge in [0.1, 0.15) is 0 Å². The van der Waals surface area contributed by atoms with Crippen molar-refractivity contribution in [2.75, 3.05) is 34.5 Å². The normalized spacial score (nSPS) is 14.4. The van der Waals surface area contributed by atoms with E-state index in [9.17, 15) is 0 Å². The molecule has 7 nitrogen and oxygen atoms in total. The van der Waals surface area contributed by atoms with Crippen LogP contribution < -0.4 is 20.1 Å². The molecule has 176 valence electrons. The lowest BCUT2D eigenvalue weighted by Crippen LogP contribution is -2.36. The number of hydrogen-bond acceptors (Lipinski definition) is 5. The van der Waals surface area contributed by atoms with Gasteiger partial charge in [-0.25, -0.2) is 0 Å². The number of aliphatic imine (C=N–C) groups is 1. The molecule has 1 aliphatic rings. The summed E-state index contributed by atoms with van der Waals surface area (Å²) in [4.78, 5) is 4.32. The van der Waals surface area contributed by atoms with Crippen molar-refractivity contribution in [3.63, 3.8) is 0 Å². The van der Waals surface area contributed by atoms with Crippen LogP contribution in [0.15, 0.2) is 47.5 Å². The van der Waals surface area contributed by atoms with Crippen LogP contribution in [0, 0.1) is 0 Å². The van der Waals surface area contributed by atoms with E-state index in [1.54, 1.807) is 21.3 Å². The van der Waals surface area contributed by atoms with Crippen molar-refractivity contribution in [1.82, 2.24) is 10.6 Å². The fraction of sp³-hybridized carbons (Fsp3) is 0.458. The van der Waals surface area contributed by atoms with Gasteiger partial charge in [0.2, 0.25) is 0 Å². The zero-order valence-electron chi connectivity index (χ0n) is 19.1. The summed E-state index contributed by atoms with van der Waals surface area (Å²) in [6.07, 6.45) is 2.25. The summed E-state index contributed by atoms with van der Waals surface area (Å²) in [5.41, 5.74) is 3.44. The van der Waals surface area contributed by atoms with Crippen LogP contribution in [0.1, 0.15) is 29.5 Å². The average molecular weight is 555 g/mol. The Morgan fingerprint density at radius 1 is 0.938 bits per heavy atom. The molecular weight excluding hydrogens is 521 g/mol. The standard InChI is InChI=1S/C24H33N3O4.HI/c1-25-24(27-16-19-7-8-22(28-2)23(14-19)29-3)26-15-18-5-4-6-20(13-18)17-31-21-9-11-30-12-10-21;/h4-8,13-14,21H,9-12,15-17H2,1-3H3,(H2,25,26,27);1H. The van der Waals surface area contributed by atoms with E-state index >= 15 is 0 Å². The highest BCUT2D eigenvalue weighted by molar-refractivity contribution is 14.0. The van der Waals surface area contributed by atoms with E-state index < -0.39 is 0 Å². The van der Waals surface area contributed by atoms with Crippen LogP contribution in [-0.2, 0) is 29.2 Å². The minimum Gasteiger partial charge on any atom is -0.493 e. The van der Waals surface area contributed by atoms with Gasteiger partial charge in [-0.05, 0) is 41.7 Å². The summed E-state index contributed by atoms with van der Waals surface area (Å²) in [6, 6.07) is 14.3. The molecule has 8 heteroatoms. The van der Waals surface area contributed by atoms with Crippen LogP contribution in [0.3, 0.4) is 0 Å². The number of nitrogens with zero attached hydrogens (tertiary/aromatic N) is 1. The fourth-order valence-corrected chi connectivity index (χ4v) is 3.47. The summed E-state index contributed by atoms with van der Waals surface area (Å²) in [7, 11) is 5.04. The number of rotatable bonds is 9. The molecule has 0 atom stereocenters. The van der Waals surface area contributed by atoms with Crippen molar-refractivity contribution in [3.8, 4) is 11.5 Å². The van der Waals surface area contributed by atoms with E-state index in [1.165, 1.54) is 11.1 Å². The van der Waals surface area contributed by atoms with Crippen molar-refractivity contribution in [1.29, 1.82) is 0 Å². The van der Waals surface area contributed by atoms with E-state index in [1.807, 2.05) is 18.2 Å². The van der Waals surface area contributed by atoms with E-state index in [0.717, 1.165) is 43.3 Å². The smallest absolute Gasteiger partial charge is 0.191 e. The largest absolute Gasteiger partial charge is 0.493 e. The highest BCUT2D eigenvalue weighted by atomic mass is 127. The van der Waals surface area contributed by atoms with E-state index in [2.05, 4.69) is 39.9 Å². The number of halogens is 1. The molecule has 0 saturated carbocycles. The average Bonchev–Trinajstić information content (AvgIpc) is 2.83. The molecule has 2 N–H and O–H groups in total. The molecule has 0 radical (unpaired) electrons. The van der Waals surface area contributed by atoms with Crippen LogP contribution >= 0.6 is 24.0 Å². The number of benzene rings is 2. The van der Waals surface area contributed by atoms with Crippen LogP contribution in [-0.4, -0.2) is 46.5 Å². The Kier molecular flexibility index (Phi) is 11.6. The van der Waals surface area contributed by atoms with Gasteiger partial charge >= 0.3 is 0 Å². The van der Waals surface area contributed by atoms with Crippen molar-refractivity contribution in [2.24, 2.45) is 4.99 Å². The van der Waals surface area contributed by atoms with Gasteiger partial charge in [0, 0.05) is 33.4 Å². The zero-order valence-corrected chi connectivity index (χ0v) is 21.4. The van der Waals surface area contributed by atoms with Crippen LogP contribution in [0.25, 0.3) is 0 Å². The molecule has 32 heavy (non-hydrogen) atoms. The molecule has 1 aliphatic heterocycles. The maximum absolute atomic E-state index is 6.04. The Morgan fingerprint density at radius 3 is 2.25 bits per heavy atom. The topological polar surface area (TPSA) is 73.3 Å². The first-order chi connectivity index (χ1) is 15.2. The molecule has 3 rings (SSSR count). The van der Waals surface area contributed by atoms with E-state index in [4.69, 9.17) is 18.9 Å². The molecule has 1 saturated heterocycles. The molecule has 0 spiro atoms. The fourth-order valence-electron chi connectivity index (χ4n) is 3.47. The second kappa shape index (κ2) is 14.2. The number of hydrogen-bond donors (Lipinski definition) is 2. The Hall–Kier alpha value is -2.04. The van der Waals surface area contributed by atoms with Crippen molar-refractivity contribution in [3.05, 3.63) is 59.2 Å². The molecule has 1 heterocycles. The summed E-state index contributed by atoms with van der Waals surface area (Å²) >= 11 is 0. The van der Waals surface area contributed by atoms with Gasteiger partial charge in [0.05, 0.1) is 26.9 Å². The van der Waals surface area contributed by atoms with Crippen molar-refractivity contribution >= 4 is 29.9 Å². The van der Waals surface area contributed by atoms with Gasteiger partial charge in [-0.1, -0.05) is 30.3 Å². The minimum absolute atomic E-state index is 0. The monoisotopic (exact) mass is 555 g/mol. The maximum atomic E-state index is 6.04. The lowest BCUT2D eigenvalue weighted by atomic mass is 10.1. The molecule has 0 bridgehead atoms. The highest BCUT2D eigenvalue weighted by Gasteiger charge is 2.14. The SMILES string of the molecule is CN=C(NCc1cccc(COC2CCOCC2)c1)NCc1ccc(OC)c(OC)c1.I. The first kappa shape index (κ1) is 26.2. The van der Waals surface area contributed by atoms with Crippen LogP contribution in [0.4, 0.5) is 0 Å². The van der Waals surface area contributed by atoms with Crippen LogP contribution in [0.5, 0.6) is 11.5 Å². The molecular formula is C24H34IN3O4. The first-order valence-corrected chi connectivity index (χ1v) is 10.6. The molecule has 2 aromatic rings. The second-order valence-corrected chi connectivity index (χ2v) is 7.41. The molecule has 0 aromatic heterocycles. The highest BCUT2D eigenvalue weighted by Crippen LogP contribution is 2.27. The predicted octanol–water partition coefficient (Wildman–Crippen LogP) is 3.88. The van der Waals surface area contributed by atoms with E-state index in [0.29, 0.717) is 31.5 Å². The predicted molar refractivity (Wildman–Crippen MR) is 137 cm³/mol. The van der Waals surface area contributed by atoms with Gasteiger partial charge in [0.15, 0.2) is 17.5 Å². The Labute approximate surface area is 207 Å². The molecule has 1 fully saturated rings. The second-order valence-electron chi connectivity index (χ2n) is 7.41. The lowest BCUT2D eigenvalue weighted by molar-refractivity contribution is -0.0390. The van der Waals surface area contributed by atoms with Crippen molar-refractivity contribution < 1.29 is 18.9 Å². The molecule has 0 amide bonds. The van der Waals surface area contributed by atoms with Gasteiger partial charge in [-0.3, -0.25) is 4.99 Å². The maximum Gasteiger partial charge on any atom is 0.191 e. The molecule has 2 aromatic carbocycles. The third-order valence-corrected chi connectivity index (χ3v) is 5.24. The first-order valence-electron chi connectivity index (χ1n) is 10.6. The summed E-state index contributed by atoms with van der Waals surface area (Å²) < 4.78 is 22.1. The van der Waals surface area contributed by atoms with Gasteiger partial charge in [-0.2, -0.15) is 0 Å². The molecule has 0 aliphatic carbocycles. The lowest BCUT2D eigenvalue weighted by Gasteiger charge is -2.22. The van der Waals surface area contributed by atoms with Crippen LogP contribution in [0.2, 0.25) is 0 Å². The number of guanidine groups is 1. The quantitative estimate of drug-likeness (QED) is 0.278. The zero-order chi connectivity index (χ0) is 21.9. The van der Waals surface area contributed by atoms with Gasteiger partial charge < -0.3 is 29.6 Å². The van der Waals surface area contributed by atoms with E-state index in [-0.39, 0.29) is 24.0 Å². The summed E-state index contributed by atoms with van der Waals surface area (Å²) in [5.74, 6) is 2.16. The summed E-state index contributed by atoms with van der Waals surface area (Å²) in [5, 5.41) is 6.70. The third kappa shape index (κ3) is 8.14. The molecule has 0 unspecified atom stereocenters. The third-order valence-electron chi connectivity index (χ3n) is 5.24. The van der Waals surface area contributed by atoms with Gasteiger partial charge in [-0.15, -0.1) is 24.0 Å². The number of methoxy groups -OCH3 is 2. The van der Waals surface area contributed by atoms with Crippen molar-refractivity contribution in [2.45, 2.75) is 38.6 Å². The number of nitrogens with one attached hydrogen (secondary N) is 2.